The van der Waals surface area contributed by atoms with Gasteiger partial charge in [-0.25, -0.2) is 4.98 Å². The number of likely N-dealkylation sites (tertiary alicyclic amines) is 1. The Kier molecular flexibility index (Phi) is 5.73. The summed E-state index contributed by atoms with van der Waals surface area (Å²) >= 11 is 1.48. The van der Waals surface area contributed by atoms with Gasteiger partial charge in [-0.15, -0.1) is 11.3 Å². The number of carboxylic acids is 1. The normalized spacial score (nSPS) is 18.7. The monoisotopic (exact) mass is 310 g/mol. The Morgan fingerprint density at radius 3 is 3.05 bits per heavy atom. The van der Waals surface area contributed by atoms with Gasteiger partial charge in [0.1, 0.15) is 4.88 Å². The molecule has 5 nitrogen and oxygen atoms in total. The van der Waals surface area contributed by atoms with Crippen LogP contribution >= 0.6 is 11.3 Å². The summed E-state index contributed by atoms with van der Waals surface area (Å²) < 4.78 is 0. The van der Waals surface area contributed by atoms with Gasteiger partial charge in [0.05, 0.1) is 11.2 Å². The lowest BCUT2D eigenvalue weighted by Gasteiger charge is -2.32. The minimum absolute atomic E-state index is 0.0508. The molecule has 0 unspecified atom stereocenters. The van der Waals surface area contributed by atoms with Crippen molar-refractivity contribution in [1.82, 2.24) is 9.88 Å². The van der Waals surface area contributed by atoms with Crippen molar-refractivity contribution in [3.8, 4) is 0 Å². The summed E-state index contributed by atoms with van der Waals surface area (Å²) in [6.07, 6.45) is 6.44. The van der Waals surface area contributed by atoms with E-state index in [0.717, 1.165) is 37.2 Å². The van der Waals surface area contributed by atoms with Crippen LogP contribution in [-0.2, 0) is 11.2 Å². The Labute approximate surface area is 129 Å². The van der Waals surface area contributed by atoms with E-state index in [1.165, 1.54) is 11.3 Å². The number of carboxylic acid groups (broad SMARTS) is 1. The van der Waals surface area contributed by atoms with Crippen LogP contribution in [-0.4, -0.2) is 40.0 Å². The van der Waals surface area contributed by atoms with Gasteiger partial charge in [0.2, 0.25) is 0 Å². The van der Waals surface area contributed by atoms with E-state index in [9.17, 15) is 9.59 Å². The van der Waals surface area contributed by atoms with Crippen molar-refractivity contribution in [3.05, 3.63) is 16.1 Å². The molecule has 0 aromatic carbocycles. The zero-order chi connectivity index (χ0) is 15.2. The van der Waals surface area contributed by atoms with Gasteiger partial charge < -0.3 is 10.0 Å². The quantitative estimate of drug-likeness (QED) is 0.877. The zero-order valence-corrected chi connectivity index (χ0v) is 13.2. The van der Waals surface area contributed by atoms with Gasteiger partial charge in [-0.3, -0.25) is 9.59 Å². The number of nitrogens with zero attached hydrogens (tertiary/aromatic N) is 2. The van der Waals surface area contributed by atoms with Gasteiger partial charge >= 0.3 is 5.97 Å². The number of carbonyl (C=O) groups excluding carboxylic acids is 1. The van der Waals surface area contributed by atoms with Crippen LogP contribution in [0.4, 0.5) is 0 Å². The number of hydrogen-bond acceptors (Lipinski definition) is 4. The maximum Gasteiger partial charge on any atom is 0.303 e. The standard InChI is InChI=1S/C15H22N2O3S/c1-2-4-13-16-9-12(21-13)15(20)17-8-3-5-11(10-17)6-7-14(18)19/h9,11H,2-8,10H2,1H3,(H,18,19)/t11-/m1/s1. The van der Waals surface area contributed by atoms with Crippen LogP contribution < -0.4 is 0 Å². The number of hydrogen-bond donors (Lipinski definition) is 1. The molecule has 0 radical (unpaired) electrons. The first kappa shape index (κ1) is 15.9. The maximum atomic E-state index is 12.5. The first-order chi connectivity index (χ1) is 10.1. The summed E-state index contributed by atoms with van der Waals surface area (Å²) in [6.45, 7) is 3.54. The first-order valence-electron chi connectivity index (χ1n) is 7.56. The Balaban J connectivity index is 1.93. The minimum Gasteiger partial charge on any atom is -0.481 e. The summed E-state index contributed by atoms with van der Waals surface area (Å²) in [5.41, 5.74) is 0. The van der Waals surface area contributed by atoms with Crippen molar-refractivity contribution in [2.24, 2.45) is 5.92 Å². The highest BCUT2D eigenvalue weighted by atomic mass is 32.1. The second-order valence-corrected chi connectivity index (χ2v) is 6.68. The summed E-state index contributed by atoms with van der Waals surface area (Å²) in [5.74, 6) is -0.401. The molecule has 0 spiro atoms. The molecule has 1 aromatic heterocycles. The molecule has 1 aliphatic rings. The highest BCUT2D eigenvalue weighted by Crippen LogP contribution is 2.24. The fourth-order valence-corrected chi connectivity index (χ4v) is 3.69. The van der Waals surface area contributed by atoms with E-state index in [-0.39, 0.29) is 12.3 Å². The fourth-order valence-electron chi connectivity index (χ4n) is 2.71. The number of aryl methyl sites for hydroxylation is 1. The van der Waals surface area contributed by atoms with Crippen LogP contribution in [0, 0.1) is 5.92 Å². The number of thiazole rings is 1. The lowest BCUT2D eigenvalue weighted by Crippen LogP contribution is -2.39. The van der Waals surface area contributed by atoms with E-state index in [1.807, 2.05) is 4.90 Å². The second-order valence-electron chi connectivity index (χ2n) is 5.56. The first-order valence-corrected chi connectivity index (χ1v) is 8.37. The third-order valence-corrected chi connectivity index (χ3v) is 4.85. The molecular formula is C15H22N2O3S. The average molecular weight is 310 g/mol. The highest BCUT2D eigenvalue weighted by Gasteiger charge is 2.25. The van der Waals surface area contributed by atoms with E-state index in [4.69, 9.17) is 5.11 Å². The number of rotatable bonds is 6. The predicted molar refractivity (Wildman–Crippen MR) is 81.6 cm³/mol. The molecule has 1 fully saturated rings. The molecule has 21 heavy (non-hydrogen) atoms. The summed E-state index contributed by atoms with van der Waals surface area (Å²) in [4.78, 5) is 30.0. The zero-order valence-electron chi connectivity index (χ0n) is 12.4. The van der Waals surface area contributed by atoms with Crippen LogP contribution in [0.3, 0.4) is 0 Å². The number of amides is 1. The summed E-state index contributed by atoms with van der Waals surface area (Å²) in [6, 6.07) is 0. The SMILES string of the molecule is CCCc1ncc(C(=O)N2CCC[C@H](CCC(=O)O)C2)s1. The Morgan fingerprint density at radius 1 is 1.52 bits per heavy atom. The van der Waals surface area contributed by atoms with Gasteiger partial charge in [0, 0.05) is 19.5 Å². The van der Waals surface area contributed by atoms with Crippen molar-refractivity contribution in [3.63, 3.8) is 0 Å². The molecule has 2 rings (SSSR count). The molecule has 1 atom stereocenters. The van der Waals surface area contributed by atoms with Gasteiger partial charge in [-0.2, -0.15) is 0 Å². The highest BCUT2D eigenvalue weighted by molar-refractivity contribution is 7.13. The Morgan fingerprint density at radius 2 is 2.33 bits per heavy atom. The molecule has 2 heterocycles. The molecule has 6 heteroatoms. The lowest BCUT2D eigenvalue weighted by molar-refractivity contribution is -0.137. The van der Waals surface area contributed by atoms with Gasteiger partial charge in [0.25, 0.3) is 5.91 Å². The summed E-state index contributed by atoms with van der Waals surface area (Å²) in [5, 5.41) is 9.78. The van der Waals surface area contributed by atoms with Gasteiger partial charge in [-0.1, -0.05) is 6.92 Å². The third-order valence-electron chi connectivity index (χ3n) is 3.80. The maximum absolute atomic E-state index is 12.5. The largest absolute Gasteiger partial charge is 0.481 e. The molecule has 0 saturated carbocycles. The number of aliphatic carboxylic acids is 1. The van der Waals surface area contributed by atoms with E-state index in [0.29, 0.717) is 23.8 Å². The number of aromatic nitrogens is 1. The Bertz CT molecular complexity index is 501. The number of carbonyl (C=O) groups is 2. The summed E-state index contributed by atoms with van der Waals surface area (Å²) in [7, 11) is 0. The van der Waals surface area contributed by atoms with Crippen LogP contribution in [0.25, 0.3) is 0 Å². The van der Waals surface area contributed by atoms with Gasteiger partial charge in [-0.05, 0) is 38.0 Å². The molecule has 1 aromatic rings. The van der Waals surface area contributed by atoms with Crippen molar-refractivity contribution in [1.29, 1.82) is 0 Å². The molecule has 1 saturated heterocycles. The number of piperidine rings is 1. The van der Waals surface area contributed by atoms with Crippen molar-refractivity contribution in [2.75, 3.05) is 13.1 Å². The van der Waals surface area contributed by atoms with E-state index in [1.54, 1.807) is 6.20 Å². The van der Waals surface area contributed by atoms with E-state index in [2.05, 4.69) is 11.9 Å². The topological polar surface area (TPSA) is 70.5 Å². The molecular weight excluding hydrogens is 288 g/mol. The van der Waals surface area contributed by atoms with E-state index < -0.39 is 5.97 Å². The smallest absolute Gasteiger partial charge is 0.303 e. The van der Waals surface area contributed by atoms with E-state index >= 15 is 0 Å². The molecule has 116 valence electrons. The molecule has 1 N–H and O–H groups in total. The lowest BCUT2D eigenvalue weighted by atomic mass is 9.93. The molecule has 1 aliphatic heterocycles. The molecule has 1 amide bonds. The fraction of sp³-hybridized carbons (Fsp3) is 0.667. The Hall–Kier alpha value is -1.43. The van der Waals surface area contributed by atoms with Crippen molar-refractivity contribution in [2.45, 2.75) is 45.4 Å². The predicted octanol–water partition coefficient (Wildman–Crippen LogP) is 2.81. The van der Waals surface area contributed by atoms with Crippen molar-refractivity contribution >= 4 is 23.2 Å². The second kappa shape index (κ2) is 7.54. The average Bonchev–Trinajstić information content (AvgIpc) is 2.94. The van der Waals surface area contributed by atoms with Crippen LogP contribution in [0.15, 0.2) is 6.20 Å². The van der Waals surface area contributed by atoms with Crippen LogP contribution in [0.5, 0.6) is 0 Å². The minimum atomic E-state index is -0.759. The van der Waals surface area contributed by atoms with Gasteiger partial charge in [0.15, 0.2) is 0 Å². The van der Waals surface area contributed by atoms with Crippen LogP contribution in [0.1, 0.15) is 53.7 Å². The third kappa shape index (κ3) is 4.52. The molecule has 0 aliphatic carbocycles. The molecule has 0 bridgehead atoms. The van der Waals surface area contributed by atoms with Crippen LogP contribution in [0.2, 0.25) is 0 Å². The van der Waals surface area contributed by atoms with Crippen molar-refractivity contribution < 1.29 is 14.7 Å².